The first-order chi connectivity index (χ1) is 6.09. The van der Waals surface area contributed by atoms with Gasteiger partial charge < -0.3 is 4.98 Å². The van der Waals surface area contributed by atoms with E-state index < -0.39 is 0 Å². The number of hydrogen-bond donors (Lipinski definition) is 1. The summed E-state index contributed by atoms with van der Waals surface area (Å²) in [7, 11) is 1.73. The van der Waals surface area contributed by atoms with Crippen molar-refractivity contribution in [3.63, 3.8) is 0 Å². The summed E-state index contributed by atoms with van der Waals surface area (Å²) in [5, 5.41) is 0.658. The predicted octanol–water partition coefficient (Wildman–Crippen LogP) is 0.878. The molecule has 2 rings (SSSR count). The standard InChI is InChI=1S/C9H11N3O/c1-5-4-7-8(10-5)11-6(2)12(3)9(7)13/h4,10H,1-3H3. The van der Waals surface area contributed by atoms with Crippen LogP contribution in [0.5, 0.6) is 0 Å². The summed E-state index contributed by atoms with van der Waals surface area (Å²) in [6, 6.07) is 1.82. The average Bonchev–Trinajstić information content (AvgIpc) is 2.42. The quantitative estimate of drug-likeness (QED) is 0.649. The van der Waals surface area contributed by atoms with Gasteiger partial charge in [0.05, 0.1) is 5.39 Å². The maximum Gasteiger partial charge on any atom is 0.262 e. The van der Waals surface area contributed by atoms with Crippen LogP contribution in [0.2, 0.25) is 0 Å². The highest BCUT2D eigenvalue weighted by molar-refractivity contribution is 5.75. The Kier molecular flexibility index (Phi) is 1.52. The summed E-state index contributed by atoms with van der Waals surface area (Å²) in [5.41, 5.74) is 1.65. The lowest BCUT2D eigenvalue weighted by Gasteiger charge is -2.00. The van der Waals surface area contributed by atoms with Crippen LogP contribution in [0.3, 0.4) is 0 Å². The van der Waals surface area contributed by atoms with Gasteiger partial charge in [-0.25, -0.2) is 4.98 Å². The molecule has 0 aliphatic rings. The maximum absolute atomic E-state index is 11.7. The highest BCUT2D eigenvalue weighted by Gasteiger charge is 2.06. The first kappa shape index (κ1) is 8.04. The van der Waals surface area contributed by atoms with E-state index in [-0.39, 0.29) is 5.56 Å². The molecule has 0 spiro atoms. The zero-order valence-corrected chi connectivity index (χ0v) is 7.88. The lowest BCUT2D eigenvalue weighted by atomic mass is 10.3. The Hall–Kier alpha value is -1.58. The number of fused-ring (bicyclic) bond motifs is 1. The number of aromatic amines is 1. The first-order valence-corrected chi connectivity index (χ1v) is 4.12. The molecule has 2 aromatic heterocycles. The number of H-pyrrole nitrogens is 1. The molecule has 0 saturated heterocycles. The fourth-order valence-electron chi connectivity index (χ4n) is 1.39. The molecule has 0 aliphatic heterocycles. The molecule has 4 nitrogen and oxygen atoms in total. The highest BCUT2D eigenvalue weighted by Crippen LogP contribution is 2.07. The van der Waals surface area contributed by atoms with Gasteiger partial charge in [0.1, 0.15) is 11.5 Å². The molecule has 0 saturated carbocycles. The van der Waals surface area contributed by atoms with E-state index in [9.17, 15) is 4.79 Å². The second-order valence-electron chi connectivity index (χ2n) is 3.24. The van der Waals surface area contributed by atoms with Crippen molar-refractivity contribution in [3.05, 3.63) is 27.9 Å². The molecule has 0 amide bonds. The summed E-state index contributed by atoms with van der Waals surface area (Å²) < 4.78 is 1.55. The summed E-state index contributed by atoms with van der Waals surface area (Å²) in [6.45, 7) is 3.73. The Morgan fingerprint density at radius 2 is 2.15 bits per heavy atom. The Bertz CT molecular complexity index is 521. The van der Waals surface area contributed by atoms with Crippen LogP contribution in [0.4, 0.5) is 0 Å². The van der Waals surface area contributed by atoms with E-state index in [1.165, 1.54) is 0 Å². The van der Waals surface area contributed by atoms with E-state index in [1.54, 1.807) is 11.6 Å². The molecule has 0 aromatic carbocycles. The molecule has 1 N–H and O–H groups in total. The number of aryl methyl sites for hydroxylation is 2. The zero-order valence-electron chi connectivity index (χ0n) is 7.88. The number of aromatic nitrogens is 3. The van der Waals surface area contributed by atoms with Crippen molar-refractivity contribution in [3.8, 4) is 0 Å². The van der Waals surface area contributed by atoms with E-state index >= 15 is 0 Å². The largest absolute Gasteiger partial charge is 0.343 e. The average molecular weight is 177 g/mol. The van der Waals surface area contributed by atoms with Gasteiger partial charge >= 0.3 is 0 Å². The normalized spacial score (nSPS) is 11.0. The van der Waals surface area contributed by atoms with Crippen molar-refractivity contribution in [2.45, 2.75) is 13.8 Å². The minimum Gasteiger partial charge on any atom is -0.343 e. The van der Waals surface area contributed by atoms with Crippen LogP contribution in [0.15, 0.2) is 10.9 Å². The van der Waals surface area contributed by atoms with Gasteiger partial charge in [-0.15, -0.1) is 0 Å². The zero-order chi connectivity index (χ0) is 9.59. The van der Waals surface area contributed by atoms with E-state index in [1.807, 2.05) is 19.9 Å². The topological polar surface area (TPSA) is 50.7 Å². The fourth-order valence-corrected chi connectivity index (χ4v) is 1.39. The third kappa shape index (κ3) is 1.06. The van der Waals surface area contributed by atoms with Crippen LogP contribution >= 0.6 is 0 Å². The van der Waals surface area contributed by atoms with Crippen molar-refractivity contribution in [2.24, 2.45) is 7.05 Å². The molecule has 68 valence electrons. The maximum atomic E-state index is 11.7. The Labute approximate surface area is 75.2 Å². The molecule has 2 aromatic rings. The van der Waals surface area contributed by atoms with E-state index in [2.05, 4.69) is 9.97 Å². The smallest absolute Gasteiger partial charge is 0.262 e. The third-order valence-corrected chi connectivity index (χ3v) is 2.23. The van der Waals surface area contributed by atoms with Crippen LogP contribution in [0.25, 0.3) is 11.0 Å². The van der Waals surface area contributed by atoms with Crippen LogP contribution in [-0.2, 0) is 7.05 Å². The van der Waals surface area contributed by atoms with Crippen molar-refractivity contribution in [1.82, 2.24) is 14.5 Å². The molecule has 2 heterocycles. The van der Waals surface area contributed by atoms with Gasteiger partial charge in [0.25, 0.3) is 5.56 Å². The van der Waals surface area contributed by atoms with Crippen LogP contribution < -0.4 is 5.56 Å². The third-order valence-electron chi connectivity index (χ3n) is 2.23. The predicted molar refractivity (Wildman–Crippen MR) is 50.8 cm³/mol. The van der Waals surface area contributed by atoms with Gasteiger partial charge in [-0.2, -0.15) is 0 Å². The summed E-state index contributed by atoms with van der Waals surface area (Å²) >= 11 is 0. The first-order valence-electron chi connectivity index (χ1n) is 4.12. The number of nitrogens with one attached hydrogen (secondary N) is 1. The minimum absolute atomic E-state index is 0.00634. The van der Waals surface area contributed by atoms with Crippen molar-refractivity contribution in [1.29, 1.82) is 0 Å². The molecule has 0 aliphatic carbocycles. The minimum atomic E-state index is 0.00634. The van der Waals surface area contributed by atoms with E-state index in [0.717, 1.165) is 11.5 Å². The molecule has 0 radical (unpaired) electrons. The summed E-state index contributed by atoms with van der Waals surface area (Å²) in [6.07, 6.45) is 0. The van der Waals surface area contributed by atoms with Crippen molar-refractivity contribution < 1.29 is 0 Å². The molecule has 0 atom stereocenters. The van der Waals surface area contributed by atoms with Crippen molar-refractivity contribution in [2.75, 3.05) is 0 Å². The van der Waals surface area contributed by atoms with Gasteiger partial charge in [0.15, 0.2) is 0 Å². The molecular formula is C9H11N3O. The Balaban J connectivity index is 3.01. The molecular weight excluding hydrogens is 166 g/mol. The molecule has 4 heteroatoms. The van der Waals surface area contributed by atoms with E-state index in [0.29, 0.717) is 11.0 Å². The van der Waals surface area contributed by atoms with Gasteiger partial charge in [-0.1, -0.05) is 0 Å². The Morgan fingerprint density at radius 1 is 1.46 bits per heavy atom. The molecule has 0 fully saturated rings. The van der Waals surface area contributed by atoms with Gasteiger partial charge in [0, 0.05) is 12.7 Å². The second kappa shape index (κ2) is 2.45. The van der Waals surface area contributed by atoms with Gasteiger partial charge in [-0.05, 0) is 19.9 Å². The van der Waals surface area contributed by atoms with Crippen LogP contribution in [0, 0.1) is 13.8 Å². The van der Waals surface area contributed by atoms with Crippen LogP contribution in [0.1, 0.15) is 11.5 Å². The molecule has 0 bridgehead atoms. The lowest BCUT2D eigenvalue weighted by Crippen LogP contribution is -2.19. The number of nitrogens with zero attached hydrogens (tertiary/aromatic N) is 2. The van der Waals surface area contributed by atoms with Gasteiger partial charge in [-0.3, -0.25) is 9.36 Å². The summed E-state index contributed by atoms with van der Waals surface area (Å²) in [4.78, 5) is 19.0. The van der Waals surface area contributed by atoms with Gasteiger partial charge in [0.2, 0.25) is 0 Å². The monoisotopic (exact) mass is 177 g/mol. The van der Waals surface area contributed by atoms with Crippen LogP contribution in [-0.4, -0.2) is 14.5 Å². The second-order valence-corrected chi connectivity index (χ2v) is 3.24. The highest BCUT2D eigenvalue weighted by atomic mass is 16.1. The number of rotatable bonds is 0. The lowest BCUT2D eigenvalue weighted by molar-refractivity contribution is 0.791. The number of hydrogen-bond acceptors (Lipinski definition) is 2. The van der Waals surface area contributed by atoms with Crippen molar-refractivity contribution >= 4 is 11.0 Å². The summed E-state index contributed by atoms with van der Waals surface area (Å²) in [5.74, 6) is 0.722. The SMILES string of the molecule is Cc1cc2c(=O)n(C)c(C)nc2[nH]1. The van der Waals surface area contributed by atoms with E-state index in [4.69, 9.17) is 0 Å². The molecule has 0 unspecified atom stereocenters. The Morgan fingerprint density at radius 3 is 2.85 bits per heavy atom. The fraction of sp³-hybridized carbons (Fsp3) is 0.333. The molecule has 13 heavy (non-hydrogen) atoms.